The number of rotatable bonds is 0. The fraction of sp³-hybridized carbons (Fsp3) is 0.286. The third-order valence-corrected chi connectivity index (χ3v) is 5.47. The van der Waals surface area contributed by atoms with Crippen molar-refractivity contribution in [3.8, 4) is 0 Å². The maximum absolute atomic E-state index is 4.92. The molecular weight excluding hydrogens is 472 g/mol. The summed E-state index contributed by atoms with van der Waals surface area (Å²) in [6.45, 7) is 9.04. The predicted molar refractivity (Wildman–Crippen MR) is 95.2 cm³/mol. The minimum absolute atomic E-state index is 0. The van der Waals surface area contributed by atoms with E-state index in [1.165, 1.54) is 33.1 Å². The summed E-state index contributed by atoms with van der Waals surface area (Å²) in [4.78, 5) is 4.92. The van der Waals surface area contributed by atoms with E-state index < -0.39 is 0 Å². The van der Waals surface area contributed by atoms with E-state index in [1.807, 2.05) is 6.07 Å². The topological polar surface area (TPSA) is 17.3 Å². The van der Waals surface area contributed by atoms with Crippen LogP contribution in [0.2, 0.25) is 0 Å². The molecule has 2 aromatic carbocycles. The molecule has 3 heterocycles. The molecule has 0 N–H and O–H groups in total. The summed E-state index contributed by atoms with van der Waals surface area (Å²) in [5, 5.41) is 3.76. The standard InChI is InChI=1S/C21H19N2.Ir/c1-12-9-10-16-19-18(12)14-7-5-6-8-15(14)20-22-13(2)17(23(19)20)11-21(16,3)4;/h5-7,9-10H,11H2,1-4H3;/q-1;. The normalized spacial score (nSPS) is 15.3. The Labute approximate surface area is 155 Å². The number of fused-ring (bicyclic) bond motifs is 3. The van der Waals surface area contributed by atoms with Gasteiger partial charge in [-0.2, -0.15) is 0 Å². The third kappa shape index (κ3) is 1.77. The Hall–Kier alpha value is -1.70. The van der Waals surface area contributed by atoms with Gasteiger partial charge in [-0.05, 0) is 36.6 Å². The molecule has 0 bridgehead atoms. The first-order valence-electron chi connectivity index (χ1n) is 8.23. The zero-order valence-corrected chi connectivity index (χ0v) is 16.7. The minimum Gasteiger partial charge on any atom is -0.337 e. The van der Waals surface area contributed by atoms with Crippen molar-refractivity contribution in [1.82, 2.24) is 9.38 Å². The Kier molecular flexibility index (Phi) is 3.23. The molecule has 2 aromatic heterocycles. The van der Waals surface area contributed by atoms with Crippen molar-refractivity contribution in [3.63, 3.8) is 0 Å². The van der Waals surface area contributed by atoms with Crippen LogP contribution in [0.1, 0.15) is 36.4 Å². The molecular formula is C21H19IrN2-. The summed E-state index contributed by atoms with van der Waals surface area (Å²) >= 11 is 0. The maximum atomic E-state index is 4.92. The molecule has 5 rings (SSSR count). The van der Waals surface area contributed by atoms with Crippen LogP contribution >= 0.6 is 0 Å². The van der Waals surface area contributed by atoms with Gasteiger partial charge in [-0.3, -0.25) is 4.98 Å². The number of hydrogen-bond donors (Lipinski definition) is 0. The van der Waals surface area contributed by atoms with Gasteiger partial charge in [0.15, 0.2) is 0 Å². The van der Waals surface area contributed by atoms with E-state index in [0.29, 0.717) is 0 Å². The fourth-order valence-corrected chi connectivity index (χ4v) is 4.33. The van der Waals surface area contributed by atoms with Gasteiger partial charge in [-0.15, -0.1) is 29.7 Å². The van der Waals surface area contributed by atoms with Crippen molar-refractivity contribution >= 4 is 27.3 Å². The second-order valence-electron chi connectivity index (χ2n) is 7.48. The van der Waals surface area contributed by atoms with E-state index in [4.69, 9.17) is 4.98 Å². The van der Waals surface area contributed by atoms with E-state index in [0.717, 1.165) is 23.1 Å². The Morgan fingerprint density at radius 3 is 2.75 bits per heavy atom. The monoisotopic (exact) mass is 492 g/mol. The summed E-state index contributed by atoms with van der Waals surface area (Å²) in [5.74, 6) is 0. The van der Waals surface area contributed by atoms with E-state index in [2.05, 4.69) is 62.4 Å². The van der Waals surface area contributed by atoms with Crippen LogP contribution in [0.3, 0.4) is 0 Å². The Morgan fingerprint density at radius 1 is 1.17 bits per heavy atom. The van der Waals surface area contributed by atoms with Crippen molar-refractivity contribution < 1.29 is 20.1 Å². The van der Waals surface area contributed by atoms with E-state index in [9.17, 15) is 0 Å². The molecule has 24 heavy (non-hydrogen) atoms. The first kappa shape index (κ1) is 15.8. The van der Waals surface area contributed by atoms with Crippen molar-refractivity contribution in [2.75, 3.05) is 0 Å². The van der Waals surface area contributed by atoms with Gasteiger partial charge in [0.05, 0.1) is 5.65 Å². The molecule has 0 saturated carbocycles. The Balaban J connectivity index is 0.00000146. The van der Waals surface area contributed by atoms with Crippen molar-refractivity contribution in [3.05, 3.63) is 58.9 Å². The van der Waals surface area contributed by atoms with Crippen molar-refractivity contribution in [1.29, 1.82) is 0 Å². The largest absolute Gasteiger partial charge is 0.337 e. The first-order chi connectivity index (χ1) is 11.0. The molecule has 2 nitrogen and oxygen atoms in total. The van der Waals surface area contributed by atoms with Gasteiger partial charge in [0.1, 0.15) is 0 Å². The smallest absolute Gasteiger partial charge is 0.0614 e. The maximum Gasteiger partial charge on any atom is 0.0614 e. The average Bonchev–Trinajstić information content (AvgIpc) is 2.84. The zero-order valence-electron chi connectivity index (χ0n) is 14.3. The van der Waals surface area contributed by atoms with Gasteiger partial charge in [0.2, 0.25) is 0 Å². The molecule has 0 aliphatic carbocycles. The molecule has 1 aliphatic rings. The van der Waals surface area contributed by atoms with Crippen LogP contribution in [0.5, 0.6) is 0 Å². The second-order valence-corrected chi connectivity index (χ2v) is 7.48. The molecule has 0 spiro atoms. The SMILES string of the molecule is Cc1nc2c3[c-]cccc3c3c(C)ccc4c3n2c1CC4(C)C.[Ir]. The number of aryl methyl sites for hydroxylation is 2. The fourth-order valence-electron chi connectivity index (χ4n) is 4.33. The summed E-state index contributed by atoms with van der Waals surface area (Å²) in [6, 6.07) is 14.3. The van der Waals surface area contributed by atoms with Gasteiger partial charge in [0.25, 0.3) is 0 Å². The van der Waals surface area contributed by atoms with Gasteiger partial charge >= 0.3 is 0 Å². The van der Waals surface area contributed by atoms with Crippen LogP contribution in [-0.4, -0.2) is 9.38 Å². The summed E-state index contributed by atoms with van der Waals surface area (Å²) in [7, 11) is 0. The quantitative estimate of drug-likeness (QED) is 0.253. The van der Waals surface area contributed by atoms with E-state index >= 15 is 0 Å². The van der Waals surface area contributed by atoms with Gasteiger partial charge < -0.3 is 4.40 Å². The average molecular weight is 492 g/mol. The van der Waals surface area contributed by atoms with E-state index in [1.54, 1.807) is 0 Å². The number of nitrogens with zero attached hydrogens (tertiary/aromatic N) is 2. The molecule has 3 heteroatoms. The Morgan fingerprint density at radius 2 is 1.96 bits per heavy atom. The molecule has 0 amide bonds. The molecule has 123 valence electrons. The number of hydrogen-bond acceptors (Lipinski definition) is 1. The molecule has 4 aromatic rings. The number of pyridine rings is 1. The number of benzene rings is 2. The van der Waals surface area contributed by atoms with Crippen LogP contribution in [0, 0.1) is 19.9 Å². The summed E-state index contributed by atoms with van der Waals surface area (Å²) in [5.41, 5.74) is 7.79. The number of imidazole rings is 1. The zero-order chi connectivity index (χ0) is 15.9. The molecule has 0 atom stereocenters. The van der Waals surface area contributed by atoms with Gasteiger partial charge in [-0.1, -0.05) is 36.9 Å². The van der Waals surface area contributed by atoms with Crippen molar-refractivity contribution in [2.24, 2.45) is 0 Å². The minimum atomic E-state index is 0. The van der Waals surface area contributed by atoms with Crippen molar-refractivity contribution in [2.45, 2.75) is 39.5 Å². The molecule has 0 unspecified atom stereocenters. The summed E-state index contributed by atoms with van der Waals surface area (Å²) < 4.78 is 2.40. The van der Waals surface area contributed by atoms with Crippen LogP contribution < -0.4 is 0 Å². The molecule has 0 saturated heterocycles. The first-order valence-corrected chi connectivity index (χ1v) is 8.23. The predicted octanol–water partition coefficient (Wildman–Crippen LogP) is 4.89. The molecule has 0 fully saturated rings. The van der Waals surface area contributed by atoms with Gasteiger partial charge in [-0.25, -0.2) is 0 Å². The Bertz CT molecular complexity index is 1140. The molecule has 1 radical (unpaired) electrons. The van der Waals surface area contributed by atoms with Crippen LogP contribution in [0.15, 0.2) is 30.3 Å². The van der Waals surface area contributed by atoms with Crippen LogP contribution in [0.25, 0.3) is 27.3 Å². The van der Waals surface area contributed by atoms with E-state index in [-0.39, 0.29) is 25.5 Å². The second kappa shape index (κ2) is 4.91. The number of aromatic nitrogens is 2. The summed E-state index contributed by atoms with van der Waals surface area (Å²) in [6.07, 6.45) is 1.03. The molecule has 1 aliphatic heterocycles. The van der Waals surface area contributed by atoms with Gasteiger partial charge in [0, 0.05) is 37.0 Å². The van der Waals surface area contributed by atoms with Crippen LogP contribution in [-0.2, 0) is 31.9 Å². The van der Waals surface area contributed by atoms with Crippen LogP contribution in [0.4, 0.5) is 0 Å². The third-order valence-electron chi connectivity index (χ3n) is 5.47.